The molecule has 0 bridgehead atoms. The van der Waals surface area contributed by atoms with Gasteiger partial charge in [-0.05, 0) is 17.7 Å². The van der Waals surface area contributed by atoms with Crippen molar-refractivity contribution < 1.29 is 9.90 Å². The number of pyridine rings is 1. The van der Waals surface area contributed by atoms with Gasteiger partial charge in [0.2, 0.25) is 0 Å². The molecule has 1 aromatic carbocycles. The van der Waals surface area contributed by atoms with Gasteiger partial charge in [-0.3, -0.25) is 9.59 Å². The van der Waals surface area contributed by atoms with Crippen LogP contribution in [0.2, 0.25) is 5.02 Å². The molecule has 2 rings (SSSR count). The van der Waals surface area contributed by atoms with Crippen molar-refractivity contribution in [3.05, 3.63) is 51.3 Å². The molecule has 20 heavy (non-hydrogen) atoms. The number of aromatic nitrogens is 1. The van der Waals surface area contributed by atoms with Crippen molar-refractivity contribution in [3.8, 4) is 17.0 Å². The lowest BCUT2D eigenvalue weighted by Gasteiger charge is -2.12. The largest absolute Gasteiger partial charge is 0.507 e. The third kappa shape index (κ3) is 2.47. The Balaban J connectivity index is 2.66. The highest BCUT2D eigenvalue weighted by atomic mass is 35.5. The minimum atomic E-state index is -0.498. The van der Waals surface area contributed by atoms with Crippen LogP contribution in [0.4, 0.5) is 0 Å². The summed E-state index contributed by atoms with van der Waals surface area (Å²) in [6, 6.07) is 8.32. The number of halogens is 1. The molecule has 0 spiro atoms. The van der Waals surface area contributed by atoms with E-state index in [9.17, 15) is 14.7 Å². The standard InChI is InChI=1S/C15H14ClNO3/c1-3-12(18)14-13(19)8-11(17(2)15(14)20)9-4-6-10(16)7-5-9/h4-8,19H,3H2,1-2H3. The fraction of sp³-hybridized carbons (Fsp3) is 0.200. The van der Waals surface area contributed by atoms with Crippen molar-refractivity contribution in [2.45, 2.75) is 13.3 Å². The van der Waals surface area contributed by atoms with Gasteiger partial charge in [0.25, 0.3) is 5.56 Å². The molecule has 0 amide bonds. The molecule has 0 unspecified atom stereocenters. The minimum absolute atomic E-state index is 0.160. The molecule has 4 nitrogen and oxygen atoms in total. The SMILES string of the molecule is CCC(=O)c1c(O)cc(-c2ccc(Cl)cc2)n(C)c1=O. The quantitative estimate of drug-likeness (QED) is 0.884. The van der Waals surface area contributed by atoms with Gasteiger partial charge in [0.05, 0.1) is 5.69 Å². The van der Waals surface area contributed by atoms with Crippen LogP contribution >= 0.6 is 11.6 Å². The molecule has 1 aromatic heterocycles. The van der Waals surface area contributed by atoms with Gasteiger partial charge in [0.15, 0.2) is 5.78 Å². The molecule has 0 aliphatic rings. The molecular formula is C15H14ClNO3. The number of carbonyl (C=O) groups is 1. The molecule has 2 aromatic rings. The Morgan fingerprint density at radius 3 is 2.45 bits per heavy atom. The average molecular weight is 292 g/mol. The van der Waals surface area contributed by atoms with Crippen LogP contribution in [-0.4, -0.2) is 15.5 Å². The predicted octanol–water partition coefficient (Wildman–Crippen LogP) is 3.00. The molecule has 0 atom stereocenters. The molecular weight excluding hydrogens is 278 g/mol. The van der Waals surface area contributed by atoms with Crippen molar-refractivity contribution in [1.29, 1.82) is 0 Å². The Bertz CT molecular complexity index is 717. The molecule has 1 N–H and O–H groups in total. The second-order valence-corrected chi connectivity index (χ2v) is 4.87. The maximum atomic E-state index is 12.2. The first-order valence-electron chi connectivity index (χ1n) is 6.17. The summed E-state index contributed by atoms with van der Waals surface area (Å²) in [7, 11) is 1.57. The van der Waals surface area contributed by atoms with Gasteiger partial charge in [0.1, 0.15) is 11.3 Å². The van der Waals surface area contributed by atoms with Crippen LogP contribution in [0.5, 0.6) is 5.75 Å². The average Bonchev–Trinajstić information content (AvgIpc) is 2.43. The van der Waals surface area contributed by atoms with Gasteiger partial charge >= 0.3 is 0 Å². The van der Waals surface area contributed by atoms with E-state index in [1.165, 1.54) is 10.6 Å². The first-order valence-corrected chi connectivity index (χ1v) is 6.55. The van der Waals surface area contributed by atoms with Crippen LogP contribution in [0.15, 0.2) is 35.1 Å². The molecule has 104 valence electrons. The number of ketones is 1. The van der Waals surface area contributed by atoms with Gasteiger partial charge in [-0.2, -0.15) is 0 Å². The van der Waals surface area contributed by atoms with E-state index in [0.717, 1.165) is 5.56 Å². The summed E-state index contributed by atoms with van der Waals surface area (Å²) < 4.78 is 1.35. The highest BCUT2D eigenvalue weighted by Gasteiger charge is 2.18. The van der Waals surface area contributed by atoms with E-state index in [0.29, 0.717) is 10.7 Å². The summed E-state index contributed by atoms with van der Waals surface area (Å²) in [6.45, 7) is 1.65. The molecule has 0 aliphatic carbocycles. The molecule has 0 aliphatic heterocycles. The Kier molecular flexibility index (Phi) is 3.95. The van der Waals surface area contributed by atoms with Gasteiger partial charge in [-0.15, -0.1) is 0 Å². The third-order valence-corrected chi connectivity index (χ3v) is 3.40. The van der Waals surface area contributed by atoms with Crippen molar-refractivity contribution in [2.24, 2.45) is 7.05 Å². The monoisotopic (exact) mass is 291 g/mol. The van der Waals surface area contributed by atoms with E-state index in [-0.39, 0.29) is 23.5 Å². The van der Waals surface area contributed by atoms with E-state index in [1.54, 1.807) is 38.2 Å². The number of rotatable bonds is 3. The van der Waals surface area contributed by atoms with Crippen LogP contribution in [-0.2, 0) is 7.05 Å². The van der Waals surface area contributed by atoms with E-state index in [4.69, 9.17) is 11.6 Å². The summed E-state index contributed by atoms with van der Waals surface area (Å²) >= 11 is 5.82. The van der Waals surface area contributed by atoms with Gasteiger partial charge in [-0.25, -0.2) is 0 Å². The third-order valence-electron chi connectivity index (χ3n) is 3.15. The normalized spacial score (nSPS) is 10.6. The lowest BCUT2D eigenvalue weighted by molar-refractivity contribution is 0.0983. The van der Waals surface area contributed by atoms with Gasteiger partial charge < -0.3 is 9.67 Å². The fourth-order valence-corrected chi connectivity index (χ4v) is 2.15. The smallest absolute Gasteiger partial charge is 0.265 e. The number of hydrogen-bond donors (Lipinski definition) is 1. The summed E-state index contributed by atoms with van der Waals surface area (Å²) in [4.78, 5) is 23.9. The Morgan fingerprint density at radius 1 is 1.30 bits per heavy atom. The lowest BCUT2D eigenvalue weighted by Crippen LogP contribution is -2.25. The summed E-state index contributed by atoms with van der Waals surface area (Å²) in [6.07, 6.45) is 0.170. The van der Waals surface area contributed by atoms with E-state index in [2.05, 4.69) is 0 Å². The lowest BCUT2D eigenvalue weighted by atomic mass is 10.1. The maximum Gasteiger partial charge on any atom is 0.265 e. The molecule has 0 saturated carbocycles. The zero-order valence-corrected chi connectivity index (χ0v) is 11.9. The summed E-state index contributed by atoms with van der Waals surface area (Å²) in [5, 5.41) is 10.5. The van der Waals surface area contributed by atoms with Crippen molar-refractivity contribution >= 4 is 17.4 Å². The molecule has 0 fully saturated rings. The minimum Gasteiger partial charge on any atom is -0.507 e. The maximum absolute atomic E-state index is 12.2. The van der Waals surface area contributed by atoms with E-state index in [1.807, 2.05) is 0 Å². The van der Waals surface area contributed by atoms with Crippen LogP contribution in [0.3, 0.4) is 0 Å². The van der Waals surface area contributed by atoms with Crippen molar-refractivity contribution in [1.82, 2.24) is 4.57 Å². The second-order valence-electron chi connectivity index (χ2n) is 4.44. The Labute approximate surface area is 121 Å². The van der Waals surface area contributed by atoms with Gasteiger partial charge in [-0.1, -0.05) is 30.7 Å². The van der Waals surface area contributed by atoms with Crippen LogP contribution in [0.25, 0.3) is 11.3 Å². The number of Topliss-reactive ketones (excluding diaryl/α,β-unsaturated/α-hetero) is 1. The fourth-order valence-electron chi connectivity index (χ4n) is 2.02. The molecule has 1 heterocycles. The second kappa shape index (κ2) is 5.51. The molecule has 5 heteroatoms. The van der Waals surface area contributed by atoms with Crippen LogP contribution in [0.1, 0.15) is 23.7 Å². The van der Waals surface area contributed by atoms with Crippen molar-refractivity contribution in [2.75, 3.05) is 0 Å². The summed E-state index contributed by atoms with van der Waals surface area (Å²) in [5.41, 5.74) is 0.603. The molecule has 0 saturated heterocycles. The number of hydrogen-bond acceptors (Lipinski definition) is 3. The highest BCUT2D eigenvalue weighted by Crippen LogP contribution is 2.25. The first kappa shape index (κ1) is 14.3. The number of benzene rings is 1. The molecule has 0 radical (unpaired) electrons. The van der Waals surface area contributed by atoms with Crippen molar-refractivity contribution in [3.63, 3.8) is 0 Å². The first-order chi connectivity index (χ1) is 9.45. The zero-order chi connectivity index (χ0) is 14.9. The topological polar surface area (TPSA) is 59.3 Å². The van der Waals surface area contributed by atoms with Crippen LogP contribution in [0, 0.1) is 0 Å². The van der Waals surface area contributed by atoms with E-state index >= 15 is 0 Å². The van der Waals surface area contributed by atoms with Gasteiger partial charge in [0, 0.05) is 24.6 Å². The van der Waals surface area contributed by atoms with Crippen LogP contribution < -0.4 is 5.56 Å². The number of aromatic hydroxyl groups is 1. The highest BCUT2D eigenvalue weighted by molar-refractivity contribution is 6.30. The Hall–Kier alpha value is -2.07. The number of nitrogens with zero attached hydrogens (tertiary/aromatic N) is 1. The predicted molar refractivity (Wildman–Crippen MR) is 78.4 cm³/mol. The Morgan fingerprint density at radius 2 is 1.90 bits per heavy atom. The zero-order valence-electron chi connectivity index (χ0n) is 11.2. The van der Waals surface area contributed by atoms with E-state index < -0.39 is 5.56 Å². The number of carbonyl (C=O) groups excluding carboxylic acids is 1. The summed E-state index contributed by atoms with van der Waals surface area (Å²) in [5.74, 6) is -0.657.